The topological polar surface area (TPSA) is 49.3 Å². The third kappa shape index (κ3) is 5.16. The molecular formula is C9H17NO2S. The lowest BCUT2D eigenvalue weighted by atomic mass is 10.2. The van der Waals surface area contributed by atoms with Gasteiger partial charge in [-0.15, -0.1) is 0 Å². The van der Waals surface area contributed by atoms with Crippen molar-refractivity contribution in [3.05, 3.63) is 0 Å². The van der Waals surface area contributed by atoms with Crippen molar-refractivity contribution in [1.82, 2.24) is 5.32 Å². The first-order valence-electron chi connectivity index (χ1n) is 4.83. The van der Waals surface area contributed by atoms with Crippen LogP contribution in [0.3, 0.4) is 0 Å². The Hall–Kier alpha value is -0.220. The van der Waals surface area contributed by atoms with E-state index in [1.165, 1.54) is 12.8 Å². The molecule has 4 heteroatoms. The summed E-state index contributed by atoms with van der Waals surface area (Å²) >= 11 is 1.94. The van der Waals surface area contributed by atoms with Crippen LogP contribution < -0.4 is 5.32 Å². The van der Waals surface area contributed by atoms with Crippen molar-refractivity contribution in [2.75, 3.05) is 18.8 Å². The fraction of sp³-hybridized carbons (Fsp3) is 0.889. The second-order valence-electron chi connectivity index (χ2n) is 3.32. The Morgan fingerprint density at radius 3 is 2.77 bits per heavy atom. The zero-order valence-electron chi connectivity index (χ0n) is 7.79. The molecule has 0 atom stereocenters. The van der Waals surface area contributed by atoms with Gasteiger partial charge in [-0.3, -0.25) is 4.79 Å². The Labute approximate surface area is 83.3 Å². The third-order valence-corrected chi connectivity index (χ3v) is 3.64. The number of thioether (sulfide) groups is 1. The molecule has 0 aromatic rings. The zero-order valence-corrected chi connectivity index (χ0v) is 8.61. The number of carboxylic acid groups (broad SMARTS) is 1. The molecule has 1 aliphatic rings. The first kappa shape index (κ1) is 10.9. The van der Waals surface area contributed by atoms with Gasteiger partial charge in [-0.05, 0) is 38.1 Å². The maximum Gasteiger partial charge on any atom is 0.303 e. The molecule has 76 valence electrons. The van der Waals surface area contributed by atoms with Crippen molar-refractivity contribution >= 4 is 17.7 Å². The van der Waals surface area contributed by atoms with Gasteiger partial charge in [-0.2, -0.15) is 11.8 Å². The molecule has 0 amide bonds. The molecule has 1 heterocycles. The number of carbonyl (C=O) groups is 1. The molecule has 0 radical (unpaired) electrons. The maximum absolute atomic E-state index is 10.2. The van der Waals surface area contributed by atoms with Gasteiger partial charge in [0.05, 0.1) is 0 Å². The molecule has 1 saturated heterocycles. The minimum absolute atomic E-state index is 0.317. The first-order chi connectivity index (χ1) is 6.29. The van der Waals surface area contributed by atoms with Crippen molar-refractivity contribution < 1.29 is 9.90 Å². The van der Waals surface area contributed by atoms with Crippen molar-refractivity contribution in [1.29, 1.82) is 0 Å². The number of carboxylic acids is 1. The van der Waals surface area contributed by atoms with Crippen LogP contribution in [0.25, 0.3) is 0 Å². The normalized spacial score (nSPS) is 18.8. The molecule has 1 aliphatic heterocycles. The first-order valence-corrected chi connectivity index (χ1v) is 5.88. The predicted octanol–water partition coefficient (Wildman–Crippen LogP) is 1.34. The van der Waals surface area contributed by atoms with Gasteiger partial charge in [0.25, 0.3) is 0 Å². The summed E-state index contributed by atoms with van der Waals surface area (Å²) < 4.78 is 0. The van der Waals surface area contributed by atoms with Gasteiger partial charge in [-0.25, -0.2) is 0 Å². The summed E-state index contributed by atoms with van der Waals surface area (Å²) in [5, 5.41) is 12.5. The van der Waals surface area contributed by atoms with Crippen LogP contribution in [-0.2, 0) is 4.79 Å². The molecule has 0 bridgehead atoms. The van der Waals surface area contributed by atoms with Crippen LogP contribution in [0.4, 0.5) is 0 Å². The summed E-state index contributed by atoms with van der Waals surface area (Å²) in [6.45, 7) is 2.24. The Balaban J connectivity index is 1.95. The summed E-state index contributed by atoms with van der Waals surface area (Å²) in [5.74, 6) is 0.322. The lowest BCUT2D eigenvalue weighted by molar-refractivity contribution is -0.137. The van der Waals surface area contributed by atoms with E-state index >= 15 is 0 Å². The molecule has 0 saturated carbocycles. The quantitative estimate of drug-likeness (QED) is 0.662. The van der Waals surface area contributed by atoms with Crippen LogP contribution in [0.1, 0.15) is 25.7 Å². The van der Waals surface area contributed by atoms with Crippen LogP contribution in [0.5, 0.6) is 0 Å². The highest BCUT2D eigenvalue weighted by Crippen LogP contribution is 2.20. The van der Waals surface area contributed by atoms with Crippen LogP contribution in [0.15, 0.2) is 0 Å². The Kier molecular flexibility index (Phi) is 5.23. The zero-order chi connectivity index (χ0) is 9.52. The van der Waals surface area contributed by atoms with Crippen LogP contribution in [0, 0.1) is 0 Å². The molecule has 0 aromatic heterocycles. The number of hydrogen-bond acceptors (Lipinski definition) is 3. The highest BCUT2D eigenvalue weighted by molar-refractivity contribution is 7.99. The summed E-state index contributed by atoms with van der Waals surface area (Å²) in [6, 6.07) is 0. The van der Waals surface area contributed by atoms with Crippen molar-refractivity contribution in [2.24, 2.45) is 0 Å². The van der Waals surface area contributed by atoms with E-state index in [4.69, 9.17) is 5.11 Å². The Morgan fingerprint density at radius 2 is 2.15 bits per heavy atom. The van der Waals surface area contributed by atoms with Gasteiger partial charge >= 0.3 is 5.97 Å². The van der Waals surface area contributed by atoms with E-state index in [1.807, 2.05) is 11.8 Å². The highest BCUT2D eigenvalue weighted by atomic mass is 32.2. The van der Waals surface area contributed by atoms with Crippen LogP contribution in [0.2, 0.25) is 0 Å². The minimum Gasteiger partial charge on any atom is -0.481 e. The highest BCUT2D eigenvalue weighted by Gasteiger charge is 2.12. The van der Waals surface area contributed by atoms with E-state index in [1.54, 1.807) is 0 Å². The standard InChI is InChI=1S/C9H17NO2S/c11-9(12)2-1-7-13-8-3-5-10-6-4-8/h8,10H,1-7H2,(H,11,12). The van der Waals surface area contributed by atoms with Crippen molar-refractivity contribution in [3.8, 4) is 0 Å². The second kappa shape index (κ2) is 6.27. The number of hydrogen-bond donors (Lipinski definition) is 2. The fourth-order valence-electron chi connectivity index (χ4n) is 1.44. The van der Waals surface area contributed by atoms with E-state index in [-0.39, 0.29) is 0 Å². The minimum atomic E-state index is -0.675. The van der Waals surface area contributed by atoms with Crippen molar-refractivity contribution in [2.45, 2.75) is 30.9 Å². The monoisotopic (exact) mass is 203 g/mol. The summed E-state index contributed by atoms with van der Waals surface area (Å²) in [6.07, 6.45) is 3.59. The summed E-state index contributed by atoms with van der Waals surface area (Å²) in [5.41, 5.74) is 0. The van der Waals surface area contributed by atoms with Crippen LogP contribution >= 0.6 is 11.8 Å². The molecule has 0 aromatic carbocycles. The smallest absolute Gasteiger partial charge is 0.303 e. The lowest BCUT2D eigenvalue weighted by Crippen LogP contribution is -2.29. The molecule has 0 spiro atoms. The second-order valence-corrected chi connectivity index (χ2v) is 4.73. The average Bonchev–Trinajstić information content (AvgIpc) is 2.14. The molecule has 1 rings (SSSR count). The molecule has 13 heavy (non-hydrogen) atoms. The average molecular weight is 203 g/mol. The van der Waals surface area contributed by atoms with Gasteiger partial charge in [0.15, 0.2) is 0 Å². The molecular weight excluding hydrogens is 186 g/mol. The SMILES string of the molecule is O=C(O)CCCSC1CCNCC1. The van der Waals surface area contributed by atoms with Gasteiger partial charge in [0.2, 0.25) is 0 Å². The largest absolute Gasteiger partial charge is 0.481 e. The molecule has 0 unspecified atom stereocenters. The summed E-state index contributed by atoms with van der Waals surface area (Å²) in [7, 11) is 0. The van der Waals surface area contributed by atoms with E-state index in [0.29, 0.717) is 6.42 Å². The third-order valence-electron chi connectivity index (χ3n) is 2.17. The van der Waals surface area contributed by atoms with E-state index in [0.717, 1.165) is 30.5 Å². The number of nitrogens with one attached hydrogen (secondary N) is 1. The van der Waals surface area contributed by atoms with Gasteiger partial charge in [0.1, 0.15) is 0 Å². The summed E-state index contributed by atoms with van der Waals surface area (Å²) in [4.78, 5) is 10.2. The van der Waals surface area contributed by atoms with Crippen molar-refractivity contribution in [3.63, 3.8) is 0 Å². The molecule has 2 N–H and O–H groups in total. The molecule has 1 fully saturated rings. The Morgan fingerprint density at radius 1 is 1.46 bits per heavy atom. The van der Waals surface area contributed by atoms with Gasteiger partial charge in [0, 0.05) is 11.7 Å². The van der Waals surface area contributed by atoms with Gasteiger partial charge < -0.3 is 10.4 Å². The van der Waals surface area contributed by atoms with Gasteiger partial charge in [-0.1, -0.05) is 0 Å². The number of rotatable bonds is 5. The fourth-order valence-corrected chi connectivity index (χ4v) is 2.65. The van der Waals surface area contributed by atoms with E-state index in [2.05, 4.69) is 5.32 Å². The van der Waals surface area contributed by atoms with E-state index in [9.17, 15) is 4.79 Å². The Bertz CT molecular complexity index is 158. The number of piperidine rings is 1. The number of aliphatic carboxylic acids is 1. The molecule has 3 nitrogen and oxygen atoms in total. The predicted molar refractivity (Wildman–Crippen MR) is 55.2 cm³/mol. The lowest BCUT2D eigenvalue weighted by Gasteiger charge is -2.21. The van der Waals surface area contributed by atoms with Crippen LogP contribution in [-0.4, -0.2) is 35.2 Å². The molecule has 0 aliphatic carbocycles. The maximum atomic E-state index is 10.2. The van der Waals surface area contributed by atoms with E-state index < -0.39 is 5.97 Å².